The molecular weight excluding hydrogens is 349 g/mol. The summed E-state index contributed by atoms with van der Waals surface area (Å²) in [4.78, 5) is 11.9. The zero-order valence-electron chi connectivity index (χ0n) is 15.9. The van der Waals surface area contributed by atoms with Crippen molar-refractivity contribution in [2.45, 2.75) is 47.1 Å². The SMILES string of the molecule is CCOC(=O)CC(NS)c1cc(-c2c(C)cc(C)cc2C)cc(C)c1F. The maximum absolute atomic E-state index is 14.8. The van der Waals surface area contributed by atoms with E-state index < -0.39 is 6.04 Å². The Morgan fingerprint density at radius 3 is 2.27 bits per heavy atom. The molecule has 0 saturated heterocycles. The van der Waals surface area contributed by atoms with Gasteiger partial charge in [0, 0.05) is 5.56 Å². The van der Waals surface area contributed by atoms with Gasteiger partial charge in [0.05, 0.1) is 19.1 Å². The largest absolute Gasteiger partial charge is 0.466 e. The minimum atomic E-state index is -0.568. The molecule has 0 aliphatic heterocycles. The van der Waals surface area contributed by atoms with E-state index in [0.29, 0.717) is 17.7 Å². The molecule has 2 aromatic rings. The lowest BCUT2D eigenvalue weighted by atomic mass is 9.90. The third kappa shape index (κ3) is 4.46. The van der Waals surface area contributed by atoms with Crippen LogP contribution < -0.4 is 4.72 Å². The van der Waals surface area contributed by atoms with Crippen LogP contribution >= 0.6 is 12.8 Å². The Balaban J connectivity index is 2.54. The van der Waals surface area contributed by atoms with Crippen LogP contribution in [0.25, 0.3) is 11.1 Å². The van der Waals surface area contributed by atoms with Gasteiger partial charge >= 0.3 is 5.97 Å². The van der Waals surface area contributed by atoms with Gasteiger partial charge in [-0.25, -0.2) is 4.39 Å². The highest BCUT2D eigenvalue weighted by Crippen LogP contribution is 2.34. The van der Waals surface area contributed by atoms with Gasteiger partial charge in [-0.1, -0.05) is 30.5 Å². The third-order valence-electron chi connectivity index (χ3n) is 4.46. The summed E-state index contributed by atoms with van der Waals surface area (Å²) in [6.07, 6.45) is 0.0169. The van der Waals surface area contributed by atoms with Crippen molar-refractivity contribution in [3.05, 3.63) is 57.9 Å². The molecule has 2 rings (SSSR count). The quantitative estimate of drug-likeness (QED) is 0.541. The summed E-state index contributed by atoms with van der Waals surface area (Å²) < 4.78 is 22.6. The average molecular weight is 376 g/mol. The fraction of sp³-hybridized carbons (Fsp3) is 0.381. The molecule has 0 aliphatic carbocycles. The second-order valence-corrected chi connectivity index (χ2v) is 6.92. The Morgan fingerprint density at radius 1 is 1.12 bits per heavy atom. The first-order chi connectivity index (χ1) is 12.3. The van der Waals surface area contributed by atoms with Gasteiger partial charge in [0.2, 0.25) is 0 Å². The molecule has 5 heteroatoms. The van der Waals surface area contributed by atoms with Crippen molar-refractivity contribution in [3.8, 4) is 11.1 Å². The highest BCUT2D eigenvalue weighted by atomic mass is 32.1. The first-order valence-corrected chi connectivity index (χ1v) is 9.16. The average Bonchev–Trinajstić information content (AvgIpc) is 2.55. The molecular formula is C21H26FNO2S. The lowest BCUT2D eigenvalue weighted by molar-refractivity contribution is -0.143. The maximum Gasteiger partial charge on any atom is 0.307 e. The fourth-order valence-electron chi connectivity index (χ4n) is 3.44. The molecule has 0 spiro atoms. The van der Waals surface area contributed by atoms with Crippen LogP contribution in [0.5, 0.6) is 0 Å². The minimum Gasteiger partial charge on any atom is -0.466 e. The van der Waals surface area contributed by atoms with Gasteiger partial charge in [-0.05, 0) is 74.6 Å². The highest BCUT2D eigenvalue weighted by molar-refractivity contribution is 7.78. The summed E-state index contributed by atoms with van der Waals surface area (Å²) >= 11 is 4.10. The number of carbonyl (C=O) groups excluding carboxylic acids is 1. The number of hydrogen-bond acceptors (Lipinski definition) is 4. The molecule has 0 aromatic heterocycles. The molecule has 1 atom stereocenters. The van der Waals surface area contributed by atoms with Crippen molar-refractivity contribution in [1.29, 1.82) is 0 Å². The van der Waals surface area contributed by atoms with Gasteiger partial charge < -0.3 is 4.74 Å². The second kappa shape index (κ2) is 8.69. The Morgan fingerprint density at radius 2 is 1.73 bits per heavy atom. The number of nitrogens with one attached hydrogen (secondary N) is 1. The summed E-state index contributed by atoms with van der Waals surface area (Å²) in [7, 11) is 0. The molecule has 0 heterocycles. The van der Waals surface area contributed by atoms with E-state index >= 15 is 0 Å². The van der Waals surface area contributed by atoms with Gasteiger partial charge in [-0.3, -0.25) is 9.52 Å². The first kappa shape index (κ1) is 20.5. The summed E-state index contributed by atoms with van der Waals surface area (Å²) in [6.45, 7) is 9.95. The molecule has 26 heavy (non-hydrogen) atoms. The first-order valence-electron chi connectivity index (χ1n) is 8.72. The topological polar surface area (TPSA) is 38.3 Å². The number of rotatable bonds is 6. The maximum atomic E-state index is 14.8. The van der Waals surface area contributed by atoms with Crippen molar-refractivity contribution < 1.29 is 13.9 Å². The van der Waals surface area contributed by atoms with E-state index in [0.717, 1.165) is 22.3 Å². The van der Waals surface area contributed by atoms with E-state index in [9.17, 15) is 9.18 Å². The highest BCUT2D eigenvalue weighted by Gasteiger charge is 2.22. The Hall–Kier alpha value is -1.85. The normalized spacial score (nSPS) is 12.1. The van der Waals surface area contributed by atoms with Gasteiger partial charge in [-0.2, -0.15) is 0 Å². The van der Waals surface area contributed by atoms with Crippen molar-refractivity contribution in [1.82, 2.24) is 4.72 Å². The van der Waals surface area contributed by atoms with Crippen LogP contribution in [-0.2, 0) is 9.53 Å². The van der Waals surface area contributed by atoms with E-state index in [1.807, 2.05) is 6.07 Å². The van der Waals surface area contributed by atoms with E-state index in [4.69, 9.17) is 4.74 Å². The Labute approximate surface area is 160 Å². The van der Waals surface area contributed by atoms with Gasteiger partial charge in [-0.15, -0.1) is 0 Å². The number of halogens is 1. The number of ether oxygens (including phenoxy) is 1. The van der Waals surface area contributed by atoms with Crippen molar-refractivity contribution in [3.63, 3.8) is 0 Å². The van der Waals surface area contributed by atoms with Crippen LogP contribution in [0.3, 0.4) is 0 Å². The standard InChI is InChI=1S/C21H26FNO2S/c1-6-25-19(24)11-18(23-26)17-10-16(9-15(5)21(17)22)20-13(3)7-12(2)8-14(20)4/h7-10,18,23,26H,6,11H2,1-5H3. The Bertz CT molecular complexity index is 797. The molecule has 1 N–H and O–H groups in total. The van der Waals surface area contributed by atoms with E-state index in [1.165, 1.54) is 5.56 Å². The minimum absolute atomic E-state index is 0.0169. The van der Waals surface area contributed by atoms with E-state index in [-0.39, 0.29) is 18.2 Å². The molecule has 0 saturated carbocycles. The zero-order chi connectivity index (χ0) is 19.4. The number of carbonyl (C=O) groups is 1. The fourth-order valence-corrected chi connectivity index (χ4v) is 3.67. The summed E-state index contributed by atoms with van der Waals surface area (Å²) in [5, 5.41) is 0. The van der Waals surface area contributed by atoms with Crippen LogP contribution in [0, 0.1) is 33.5 Å². The summed E-state index contributed by atoms with van der Waals surface area (Å²) in [5.74, 6) is -0.712. The summed E-state index contributed by atoms with van der Waals surface area (Å²) in [6, 6.07) is 7.33. The molecule has 0 amide bonds. The molecule has 140 valence electrons. The number of benzene rings is 2. The molecule has 2 aromatic carbocycles. The van der Waals surface area contributed by atoms with Gasteiger partial charge in [0.25, 0.3) is 0 Å². The number of esters is 1. The predicted octanol–water partition coefficient (Wildman–Crippen LogP) is 5.16. The van der Waals surface area contributed by atoms with Crippen LogP contribution in [0.2, 0.25) is 0 Å². The number of aryl methyl sites for hydroxylation is 4. The van der Waals surface area contributed by atoms with Crippen molar-refractivity contribution >= 4 is 18.8 Å². The second-order valence-electron chi connectivity index (χ2n) is 6.66. The smallest absolute Gasteiger partial charge is 0.307 e. The summed E-state index contributed by atoms with van der Waals surface area (Å²) in [5.41, 5.74) is 6.46. The molecule has 1 unspecified atom stereocenters. The molecule has 3 nitrogen and oxygen atoms in total. The zero-order valence-corrected chi connectivity index (χ0v) is 16.8. The van der Waals surface area contributed by atoms with Crippen LogP contribution in [0.4, 0.5) is 4.39 Å². The molecule has 0 radical (unpaired) electrons. The monoisotopic (exact) mass is 375 g/mol. The van der Waals surface area contributed by atoms with Crippen molar-refractivity contribution in [2.24, 2.45) is 0 Å². The van der Waals surface area contributed by atoms with E-state index in [2.05, 4.69) is 50.4 Å². The van der Waals surface area contributed by atoms with Crippen molar-refractivity contribution in [2.75, 3.05) is 6.61 Å². The molecule has 0 aliphatic rings. The number of thiol groups is 1. The van der Waals surface area contributed by atoms with E-state index in [1.54, 1.807) is 19.9 Å². The Kier molecular flexibility index (Phi) is 6.84. The lowest BCUT2D eigenvalue weighted by Crippen LogP contribution is -2.19. The number of hydrogen-bond donors (Lipinski definition) is 2. The lowest BCUT2D eigenvalue weighted by Gasteiger charge is -2.20. The van der Waals surface area contributed by atoms with Gasteiger partial charge in [0.1, 0.15) is 5.82 Å². The van der Waals surface area contributed by atoms with Gasteiger partial charge in [0.15, 0.2) is 0 Å². The van der Waals surface area contributed by atoms with Crippen LogP contribution in [-0.4, -0.2) is 12.6 Å². The predicted molar refractivity (Wildman–Crippen MR) is 107 cm³/mol. The third-order valence-corrected chi connectivity index (χ3v) is 4.77. The molecule has 0 fully saturated rings. The molecule has 0 bridgehead atoms. The van der Waals surface area contributed by atoms with Crippen LogP contribution in [0.15, 0.2) is 24.3 Å². The van der Waals surface area contributed by atoms with Crippen LogP contribution in [0.1, 0.15) is 47.2 Å².